The predicted octanol–water partition coefficient (Wildman–Crippen LogP) is 2.09. The molecule has 4 nitrogen and oxygen atoms in total. The molecular weight excluding hydrogens is 248 g/mol. The number of aliphatic hydroxyl groups excluding tert-OH is 1. The van der Waals surface area contributed by atoms with Crippen molar-refractivity contribution in [2.75, 3.05) is 31.4 Å². The van der Waals surface area contributed by atoms with Gasteiger partial charge in [-0.25, -0.2) is 0 Å². The maximum atomic E-state index is 9.24. The van der Waals surface area contributed by atoms with Crippen molar-refractivity contribution < 1.29 is 9.84 Å². The van der Waals surface area contributed by atoms with Crippen LogP contribution in [0.4, 0.5) is 5.69 Å². The number of nitriles is 1. The molecule has 0 saturated carbocycles. The molecule has 98 valence electrons. The molecule has 0 amide bonds. The Morgan fingerprint density at radius 1 is 1.56 bits per heavy atom. The van der Waals surface area contributed by atoms with E-state index >= 15 is 0 Å². The smallest absolute Gasteiger partial charge is 0.102 e. The zero-order chi connectivity index (χ0) is 13.4. The molecule has 0 heterocycles. The minimum absolute atomic E-state index is 0.0378. The van der Waals surface area contributed by atoms with Crippen LogP contribution in [0.1, 0.15) is 12.5 Å². The second-order valence-corrected chi connectivity index (χ2v) is 5.01. The molecular formula is C13H18N2O2S. The van der Waals surface area contributed by atoms with E-state index in [1.807, 2.05) is 25.1 Å². The molecule has 1 aromatic carbocycles. The minimum atomic E-state index is -0.205. The van der Waals surface area contributed by atoms with E-state index in [2.05, 4.69) is 11.4 Å². The first-order chi connectivity index (χ1) is 8.76. The number of aliphatic hydroxyl groups is 1. The fourth-order valence-electron chi connectivity index (χ4n) is 1.60. The van der Waals surface area contributed by atoms with Gasteiger partial charge in [0.25, 0.3) is 0 Å². The Morgan fingerprint density at radius 2 is 2.33 bits per heavy atom. The molecule has 18 heavy (non-hydrogen) atoms. The van der Waals surface area contributed by atoms with Gasteiger partial charge in [-0.05, 0) is 17.9 Å². The number of methoxy groups -OCH3 is 1. The van der Waals surface area contributed by atoms with Crippen molar-refractivity contribution in [1.29, 1.82) is 5.26 Å². The Hall–Kier alpha value is -1.22. The highest BCUT2D eigenvalue weighted by molar-refractivity contribution is 7.99. The van der Waals surface area contributed by atoms with Crippen molar-refractivity contribution in [3.8, 4) is 6.07 Å². The van der Waals surface area contributed by atoms with E-state index < -0.39 is 0 Å². The third-order valence-electron chi connectivity index (χ3n) is 2.39. The van der Waals surface area contributed by atoms with E-state index in [1.165, 1.54) is 0 Å². The zero-order valence-electron chi connectivity index (χ0n) is 10.6. The largest absolute Gasteiger partial charge is 0.394 e. The Bertz CT molecular complexity index is 418. The lowest BCUT2D eigenvalue weighted by atomic mass is 10.1. The molecule has 0 aromatic heterocycles. The summed E-state index contributed by atoms with van der Waals surface area (Å²) in [6.07, 6.45) is 0. The normalized spacial score (nSPS) is 11.9. The SMILES string of the molecule is CCSc1cccc(NC(CO)COC)c1C#N. The van der Waals surface area contributed by atoms with Gasteiger partial charge in [-0.3, -0.25) is 0 Å². The fraction of sp³-hybridized carbons (Fsp3) is 0.462. The first-order valence-corrected chi connectivity index (χ1v) is 6.77. The van der Waals surface area contributed by atoms with Crippen LogP contribution in [0.5, 0.6) is 0 Å². The number of nitrogens with one attached hydrogen (secondary N) is 1. The van der Waals surface area contributed by atoms with Crippen LogP contribution < -0.4 is 5.32 Å². The summed E-state index contributed by atoms with van der Waals surface area (Å²) in [5, 5.41) is 21.6. The molecule has 2 N–H and O–H groups in total. The summed E-state index contributed by atoms with van der Waals surface area (Å²) in [5.74, 6) is 0.916. The summed E-state index contributed by atoms with van der Waals surface area (Å²) >= 11 is 1.63. The summed E-state index contributed by atoms with van der Waals surface area (Å²) < 4.78 is 5.01. The van der Waals surface area contributed by atoms with Gasteiger partial charge < -0.3 is 15.2 Å². The van der Waals surface area contributed by atoms with Crippen molar-refractivity contribution in [3.63, 3.8) is 0 Å². The number of hydrogen-bond acceptors (Lipinski definition) is 5. The molecule has 0 aliphatic rings. The van der Waals surface area contributed by atoms with Gasteiger partial charge in [-0.2, -0.15) is 5.26 Å². The summed E-state index contributed by atoms with van der Waals surface area (Å²) in [7, 11) is 1.58. The summed E-state index contributed by atoms with van der Waals surface area (Å²) in [6.45, 7) is 2.41. The van der Waals surface area contributed by atoms with E-state index in [1.54, 1.807) is 18.9 Å². The zero-order valence-corrected chi connectivity index (χ0v) is 11.5. The molecule has 0 radical (unpaired) electrons. The highest BCUT2D eigenvalue weighted by Gasteiger charge is 2.12. The Balaban J connectivity index is 2.94. The number of thioether (sulfide) groups is 1. The van der Waals surface area contributed by atoms with Crippen LogP contribution in [0.2, 0.25) is 0 Å². The van der Waals surface area contributed by atoms with Crippen molar-refractivity contribution in [2.24, 2.45) is 0 Å². The van der Waals surface area contributed by atoms with E-state index in [4.69, 9.17) is 4.74 Å². The molecule has 0 spiro atoms. The van der Waals surface area contributed by atoms with E-state index in [0.29, 0.717) is 12.2 Å². The summed E-state index contributed by atoms with van der Waals surface area (Å²) in [6, 6.07) is 7.69. The lowest BCUT2D eigenvalue weighted by Crippen LogP contribution is -2.29. The van der Waals surface area contributed by atoms with Gasteiger partial charge in [0.1, 0.15) is 6.07 Å². The molecule has 0 bridgehead atoms. The molecule has 1 aromatic rings. The lowest BCUT2D eigenvalue weighted by Gasteiger charge is -2.18. The number of anilines is 1. The van der Waals surface area contributed by atoms with E-state index in [9.17, 15) is 10.4 Å². The van der Waals surface area contributed by atoms with Crippen molar-refractivity contribution in [1.82, 2.24) is 0 Å². The van der Waals surface area contributed by atoms with Crippen LogP contribution >= 0.6 is 11.8 Å². The van der Waals surface area contributed by atoms with Gasteiger partial charge in [-0.1, -0.05) is 13.0 Å². The van der Waals surface area contributed by atoms with E-state index in [-0.39, 0.29) is 12.6 Å². The standard InChI is InChI=1S/C13H18N2O2S/c1-3-18-13-6-4-5-12(11(13)7-14)15-10(8-16)9-17-2/h4-6,10,15-16H,3,8-9H2,1-2H3. The van der Waals surface area contributed by atoms with Crippen LogP contribution in [0.3, 0.4) is 0 Å². The maximum absolute atomic E-state index is 9.24. The number of ether oxygens (including phenoxy) is 1. The minimum Gasteiger partial charge on any atom is -0.394 e. The molecule has 1 atom stereocenters. The first-order valence-electron chi connectivity index (χ1n) is 5.79. The van der Waals surface area contributed by atoms with Crippen LogP contribution in [-0.2, 0) is 4.74 Å². The molecule has 0 aliphatic carbocycles. The Morgan fingerprint density at radius 3 is 2.89 bits per heavy atom. The Kier molecular flexibility index (Phi) is 6.58. The monoisotopic (exact) mass is 266 g/mol. The molecule has 0 saturated heterocycles. The quantitative estimate of drug-likeness (QED) is 0.740. The number of benzene rings is 1. The second kappa shape index (κ2) is 7.98. The average Bonchev–Trinajstić information content (AvgIpc) is 2.39. The topological polar surface area (TPSA) is 65.3 Å². The third-order valence-corrected chi connectivity index (χ3v) is 3.33. The highest BCUT2D eigenvalue weighted by Crippen LogP contribution is 2.28. The molecule has 1 unspecified atom stereocenters. The van der Waals surface area contributed by atoms with Gasteiger partial charge >= 0.3 is 0 Å². The van der Waals surface area contributed by atoms with E-state index in [0.717, 1.165) is 16.3 Å². The summed E-state index contributed by atoms with van der Waals surface area (Å²) in [4.78, 5) is 0.958. The van der Waals surface area contributed by atoms with Gasteiger partial charge in [0.05, 0.1) is 30.5 Å². The maximum Gasteiger partial charge on any atom is 0.102 e. The number of nitrogens with zero attached hydrogens (tertiary/aromatic N) is 1. The van der Waals surface area contributed by atoms with Crippen molar-refractivity contribution >= 4 is 17.4 Å². The van der Waals surface area contributed by atoms with Crippen LogP contribution in [-0.4, -0.2) is 37.2 Å². The first kappa shape index (κ1) is 14.8. The molecule has 0 aliphatic heterocycles. The molecule has 1 rings (SSSR count). The molecule has 5 heteroatoms. The predicted molar refractivity (Wildman–Crippen MR) is 73.9 cm³/mol. The van der Waals surface area contributed by atoms with Crippen LogP contribution in [0, 0.1) is 11.3 Å². The highest BCUT2D eigenvalue weighted by atomic mass is 32.2. The fourth-order valence-corrected chi connectivity index (χ4v) is 2.39. The Labute approximate surface area is 112 Å². The average molecular weight is 266 g/mol. The van der Waals surface area contributed by atoms with Crippen molar-refractivity contribution in [2.45, 2.75) is 17.9 Å². The third kappa shape index (κ3) is 3.91. The summed E-state index contributed by atoms with van der Waals surface area (Å²) in [5.41, 5.74) is 1.37. The van der Waals surface area contributed by atoms with Gasteiger partial charge in [0, 0.05) is 12.0 Å². The van der Waals surface area contributed by atoms with Crippen LogP contribution in [0.15, 0.2) is 23.1 Å². The van der Waals surface area contributed by atoms with Crippen molar-refractivity contribution in [3.05, 3.63) is 23.8 Å². The number of rotatable bonds is 7. The lowest BCUT2D eigenvalue weighted by molar-refractivity contribution is 0.153. The van der Waals surface area contributed by atoms with Gasteiger partial charge in [0.2, 0.25) is 0 Å². The van der Waals surface area contributed by atoms with Crippen LogP contribution in [0.25, 0.3) is 0 Å². The van der Waals surface area contributed by atoms with Gasteiger partial charge in [0.15, 0.2) is 0 Å². The number of hydrogen-bond donors (Lipinski definition) is 2. The second-order valence-electron chi connectivity index (χ2n) is 3.70. The molecule has 0 fully saturated rings. The van der Waals surface area contributed by atoms with Gasteiger partial charge in [-0.15, -0.1) is 11.8 Å².